The molecular formula is C23H26ClN5O4S. The van der Waals surface area contributed by atoms with E-state index in [0.29, 0.717) is 29.5 Å². The zero-order valence-electron chi connectivity index (χ0n) is 18.8. The third kappa shape index (κ3) is 5.95. The van der Waals surface area contributed by atoms with Gasteiger partial charge in [-0.3, -0.25) is 0 Å². The van der Waals surface area contributed by atoms with Crippen molar-refractivity contribution in [1.82, 2.24) is 14.9 Å². The van der Waals surface area contributed by atoms with Crippen molar-refractivity contribution in [1.29, 1.82) is 0 Å². The van der Waals surface area contributed by atoms with Crippen LogP contribution < -0.4 is 20.1 Å². The predicted molar refractivity (Wildman–Crippen MR) is 133 cm³/mol. The molecule has 4 rings (SSSR count). The largest absolute Gasteiger partial charge is 0.492 e. The molecule has 0 spiro atoms. The Bertz CT molecular complexity index is 1180. The minimum atomic E-state index is -2.17. The van der Waals surface area contributed by atoms with Crippen LogP contribution in [-0.2, 0) is 11.1 Å². The number of halogens is 1. The molecule has 34 heavy (non-hydrogen) atoms. The molecular weight excluding hydrogens is 478 g/mol. The Kier molecular flexibility index (Phi) is 7.84. The molecule has 2 unspecified atom stereocenters. The minimum Gasteiger partial charge on any atom is -0.492 e. The summed E-state index contributed by atoms with van der Waals surface area (Å²) in [6, 6.07) is 12.2. The summed E-state index contributed by atoms with van der Waals surface area (Å²) < 4.78 is 33.1. The van der Waals surface area contributed by atoms with E-state index >= 15 is 0 Å². The number of anilines is 4. The van der Waals surface area contributed by atoms with Crippen molar-refractivity contribution in [3.8, 4) is 11.5 Å². The summed E-state index contributed by atoms with van der Waals surface area (Å²) in [6.45, 7) is 4.30. The van der Waals surface area contributed by atoms with Gasteiger partial charge in [-0.25, -0.2) is 9.19 Å². The van der Waals surface area contributed by atoms with Crippen LogP contribution in [0.25, 0.3) is 0 Å². The van der Waals surface area contributed by atoms with E-state index in [1.165, 1.54) is 6.20 Å². The fourth-order valence-electron chi connectivity index (χ4n) is 3.62. The highest BCUT2D eigenvalue weighted by Gasteiger charge is 2.21. The summed E-state index contributed by atoms with van der Waals surface area (Å²) in [6.07, 6.45) is 2.59. The van der Waals surface area contributed by atoms with Gasteiger partial charge in [0.25, 0.3) is 0 Å². The number of benzene rings is 2. The molecule has 0 amide bonds. The van der Waals surface area contributed by atoms with Crippen molar-refractivity contribution < 1.29 is 18.2 Å². The number of likely N-dealkylation sites (tertiary alicyclic amines) is 1. The van der Waals surface area contributed by atoms with E-state index in [9.17, 15) is 8.76 Å². The maximum atomic E-state index is 11.6. The zero-order valence-corrected chi connectivity index (χ0v) is 20.4. The van der Waals surface area contributed by atoms with Crippen molar-refractivity contribution in [2.24, 2.45) is 0 Å². The number of likely N-dealkylation sites (N-methyl/N-ethyl adjacent to an activating group) is 1. The second kappa shape index (κ2) is 11.0. The molecule has 0 saturated carbocycles. The van der Waals surface area contributed by atoms with Crippen LogP contribution >= 0.6 is 11.6 Å². The lowest BCUT2D eigenvalue weighted by molar-refractivity contribution is 0.207. The molecule has 1 aliphatic rings. The zero-order chi connectivity index (χ0) is 24.1. The Morgan fingerprint density at radius 3 is 2.79 bits per heavy atom. The molecule has 1 aromatic heterocycles. The Balaban J connectivity index is 1.54. The standard InChI is InChI=1S/C23H26ClN5O4S/c1-3-32-20-12-15(33-16-10-11-29(2)14-16)8-9-18(20)27-23-25-13-17(24)22(28-23)26-19-6-4-5-7-21(19)34(30)31/h4-9,12-13,16H,3,10-11,14H2,1-2H3,(H,30,31)(H2,25,26,27,28). The molecule has 0 aliphatic carbocycles. The molecule has 1 fully saturated rings. The molecule has 3 aromatic rings. The van der Waals surface area contributed by atoms with Crippen molar-refractivity contribution >= 4 is 45.8 Å². The summed E-state index contributed by atoms with van der Waals surface area (Å²) in [5, 5.41) is 6.43. The number of ether oxygens (including phenoxy) is 2. The van der Waals surface area contributed by atoms with Crippen molar-refractivity contribution in [2.45, 2.75) is 24.3 Å². The normalized spacial score (nSPS) is 16.8. The Morgan fingerprint density at radius 2 is 2.06 bits per heavy atom. The predicted octanol–water partition coefficient (Wildman–Crippen LogP) is 4.68. The number of nitrogens with zero attached hydrogens (tertiary/aromatic N) is 3. The van der Waals surface area contributed by atoms with Crippen molar-refractivity contribution in [3.63, 3.8) is 0 Å². The van der Waals surface area contributed by atoms with Gasteiger partial charge >= 0.3 is 0 Å². The molecule has 2 aromatic carbocycles. The van der Waals surface area contributed by atoms with Gasteiger partial charge in [0, 0.05) is 19.2 Å². The first-order valence-electron chi connectivity index (χ1n) is 10.8. The highest BCUT2D eigenvalue weighted by Crippen LogP contribution is 2.33. The highest BCUT2D eigenvalue weighted by atomic mass is 35.5. The third-order valence-corrected chi connectivity index (χ3v) is 6.23. The fraction of sp³-hybridized carbons (Fsp3) is 0.304. The van der Waals surface area contributed by atoms with Crippen LogP contribution in [0.1, 0.15) is 13.3 Å². The minimum absolute atomic E-state index is 0.155. The van der Waals surface area contributed by atoms with Gasteiger partial charge in [0.2, 0.25) is 5.95 Å². The lowest BCUT2D eigenvalue weighted by Gasteiger charge is -2.17. The lowest BCUT2D eigenvalue weighted by atomic mass is 10.2. The molecule has 1 aliphatic heterocycles. The third-order valence-electron chi connectivity index (χ3n) is 5.22. The number of rotatable bonds is 9. The smallest absolute Gasteiger partial charge is 0.229 e. The molecule has 3 N–H and O–H groups in total. The van der Waals surface area contributed by atoms with Crippen LogP contribution in [0.4, 0.5) is 23.1 Å². The maximum absolute atomic E-state index is 11.6. The Hall–Kier alpha value is -2.92. The Labute approximate surface area is 205 Å². The van der Waals surface area contributed by atoms with E-state index in [0.717, 1.165) is 25.3 Å². The number of aromatic nitrogens is 2. The quantitative estimate of drug-likeness (QED) is 0.358. The second-order valence-electron chi connectivity index (χ2n) is 7.77. The average Bonchev–Trinajstić information content (AvgIpc) is 3.22. The summed E-state index contributed by atoms with van der Waals surface area (Å²) in [5.74, 6) is 1.92. The van der Waals surface area contributed by atoms with Gasteiger partial charge in [-0.15, -0.1) is 0 Å². The molecule has 180 valence electrons. The SMILES string of the molecule is CCOc1cc(OC2CCN(C)C2)ccc1Nc1ncc(Cl)c(Nc2ccccc2S(=O)O)n1. The summed E-state index contributed by atoms with van der Waals surface area (Å²) >= 11 is 4.11. The van der Waals surface area contributed by atoms with E-state index in [1.54, 1.807) is 24.3 Å². The molecule has 11 heteroatoms. The molecule has 0 bridgehead atoms. The van der Waals surface area contributed by atoms with Crippen LogP contribution in [0, 0.1) is 0 Å². The fourth-order valence-corrected chi connectivity index (χ4v) is 4.26. The maximum Gasteiger partial charge on any atom is 0.229 e. The van der Waals surface area contributed by atoms with Crippen LogP contribution in [0.15, 0.2) is 53.6 Å². The highest BCUT2D eigenvalue weighted by molar-refractivity contribution is 7.79. The molecule has 9 nitrogen and oxygen atoms in total. The Morgan fingerprint density at radius 1 is 1.24 bits per heavy atom. The van der Waals surface area contributed by atoms with Gasteiger partial charge in [-0.2, -0.15) is 4.98 Å². The first-order chi connectivity index (χ1) is 16.4. The molecule has 2 atom stereocenters. The van der Waals surface area contributed by atoms with Crippen molar-refractivity contribution in [3.05, 3.63) is 53.7 Å². The monoisotopic (exact) mass is 503 g/mol. The van der Waals surface area contributed by atoms with Crippen molar-refractivity contribution in [2.75, 3.05) is 37.4 Å². The topological polar surface area (TPSA) is 109 Å². The summed E-state index contributed by atoms with van der Waals surface area (Å²) in [7, 11) is 2.08. The first-order valence-corrected chi connectivity index (χ1v) is 12.3. The van der Waals surface area contributed by atoms with Crippen LogP contribution in [0.5, 0.6) is 11.5 Å². The first kappa shape index (κ1) is 24.2. The van der Waals surface area contributed by atoms with Gasteiger partial charge in [-0.1, -0.05) is 23.7 Å². The van der Waals surface area contributed by atoms with E-state index in [-0.39, 0.29) is 22.0 Å². The number of hydrogen-bond acceptors (Lipinski definition) is 8. The summed E-state index contributed by atoms with van der Waals surface area (Å²) in [4.78, 5) is 11.2. The van der Waals surface area contributed by atoms with E-state index < -0.39 is 11.1 Å². The van der Waals surface area contributed by atoms with Gasteiger partial charge < -0.3 is 29.6 Å². The summed E-state index contributed by atoms with van der Waals surface area (Å²) in [5.41, 5.74) is 1.09. The van der Waals surface area contributed by atoms with Gasteiger partial charge in [-0.05, 0) is 44.7 Å². The van der Waals surface area contributed by atoms with E-state index in [4.69, 9.17) is 21.1 Å². The van der Waals surface area contributed by atoms with Gasteiger partial charge in [0.15, 0.2) is 16.9 Å². The van der Waals surface area contributed by atoms with E-state index in [1.807, 2.05) is 25.1 Å². The van der Waals surface area contributed by atoms with E-state index in [2.05, 4.69) is 32.5 Å². The molecule has 1 saturated heterocycles. The van der Waals surface area contributed by atoms with Gasteiger partial charge in [0.05, 0.1) is 29.1 Å². The van der Waals surface area contributed by atoms with Crippen LogP contribution in [-0.4, -0.2) is 56.5 Å². The number of hydrogen-bond donors (Lipinski definition) is 3. The van der Waals surface area contributed by atoms with Crippen LogP contribution in [0.2, 0.25) is 5.02 Å². The second-order valence-corrected chi connectivity index (χ2v) is 9.11. The number of para-hydroxylation sites is 1. The number of nitrogens with one attached hydrogen (secondary N) is 2. The lowest BCUT2D eigenvalue weighted by Crippen LogP contribution is -2.21. The molecule has 2 heterocycles. The van der Waals surface area contributed by atoms with Crippen LogP contribution in [0.3, 0.4) is 0 Å². The van der Waals surface area contributed by atoms with Gasteiger partial charge in [0.1, 0.15) is 22.6 Å². The average molecular weight is 504 g/mol. The molecule has 0 radical (unpaired) electrons.